The van der Waals surface area contributed by atoms with Gasteiger partial charge >= 0.3 is 0 Å². The molecule has 0 aliphatic carbocycles. The number of nitrogens with two attached hydrogens (primary N) is 6. The number of rotatable bonds is 9. The third-order valence-electron chi connectivity index (χ3n) is 3.93. The van der Waals surface area contributed by atoms with E-state index < -0.39 is 0 Å². The normalized spacial score (nSPS) is 19.9. The lowest BCUT2D eigenvalue weighted by Gasteiger charge is -2.46. The van der Waals surface area contributed by atoms with Crippen LogP contribution in [0.4, 0.5) is 0 Å². The molecular formula is C12H34N9+. The zero-order chi connectivity index (χ0) is 15.9. The van der Waals surface area contributed by atoms with E-state index in [0.29, 0.717) is 0 Å². The summed E-state index contributed by atoms with van der Waals surface area (Å²) in [7, 11) is 0. The van der Waals surface area contributed by atoms with Crippen LogP contribution in [0.1, 0.15) is 19.3 Å². The van der Waals surface area contributed by atoms with Crippen molar-refractivity contribution in [3.63, 3.8) is 0 Å². The molecule has 0 aromatic carbocycles. The first-order chi connectivity index (χ1) is 9.83. The molecule has 1 saturated heterocycles. The average molecular weight is 304 g/mol. The molecule has 1 heterocycles. The van der Waals surface area contributed by atoms with Gasteiger partial charge in [0.25, 0.3) is 0 Å². The maximum atomic E-state index is 5.71. The lowest BCUT2D eigenvalue weighted by molar-refractivity contribution is -0.946. The van der Waals surface area contributed by atoms with E-state index in [1.165, 1.54) is 0 Å². The van der Waals surface area contributed by atoms with E-state index >= 15 is 0 Å². The van der Waals surface area contributed by atoms with Crippen molar-refractivity contribution in [2.24, 2.45) is 34.4 Å². The van der Waals surface area contributed by atoms with Crippen molar-refractivity contribution in [1.29, 1.82) is 0 Å². The molecule has 1 fully saturated rings. The summed E-state index contributed by atoms with van der Waals surface area (Å²) in [6.07, 6.45) is 1.45. The zero-order valence-electron chi connectivity index (χ0n) is 13.0. The number of hydrogen-bond acceptors (Lipinski definition) is 8. The lowest BCUT2D eigenvalue weighted by Crippen LogP contribution is -2.66. The topological polar surface area (TPSA) is 171 Å². The van der Waals surface area contributed by atoms with Gasteiger partial charge in [0.2, 0.25) is 0 Å². The minimum Gasteiger partial charge on any atom is -0.316 e. The Balaban J connectivity index is 2.60. The zero-order valence-corrected chi connectivity index (χ0v) is 13.0. The van der Waals surface area contributed by atoms with Crippen molar-refractivity contribution < 1.29 is 4.48 Å². The maximum absolute atomic E-state index is 5.71. The van der Waals surface area contributed by atoms with Gasteiger partial charge in [-0.15, -0.1) is 0 Å². The van der Waals surface area contributed by atoms with E-state index in [0.717, 1.165) is 63.4 Å². The molecule has 0 amide bonds. The summed E-state index contributed by atoms with van der Waals surface area (Å²) < 4.78 is 0.857. The Bertz CT molecular complexity index is 270. The molecule has 0 unspecified atom stereocenters. The van der Waals surface area contributed by atoms with Crippen molar-refractivity contribution in [3.8, 4) is 0 Å². The van der Waals surface area contributed by atoms with E-state index in [2.05, 4.69) is 10.2 Å². The molecule has 0 aromatic heterocycles. The second-order valence-electron chi connectivity index (χ2n) is 6.25. The monoisotopic (exact) mass is 304 g/mol. The number of nitrogens with one attached hydrogen (secondary N) is 1. The Kier molecular flexibility index (Phi) is 7.95. The number of hydrogen-bond donors (Lipinski definition) is 7. The number of quaternary nitrogens is 1. The average Bonchev–Trinajstić information content (AvgIpc) is 2.41. The first-order valence-corrected chi connectivity index (χ1v) is 7.65. The van der Waals surface area contributed by atoms with E-state index in [9.17, 15) is 0 Å². The molecule has 1 rings (SSSR count). The Labute approximate surface area is 127 Å². The van der Waals surface area contributed by atoms with Gasteiger partial charge in [-0.25, -0.2) is 4.90 Å². The minimum absolute atomic E-state index is 0.274. The molecule has 21 heavy (non-hydrogen) atoms. The fraction of sp³-hybridized carbons (Fsp3) is 1.00. The predicted octanol–water partition coefficient (Wildman–Crippen LogP) is -3.52. The predicted molar refractivity (Wildman–Crippen MR) is 84.8 cm³/mol. The highest BCUT2D eigenvalue weighted by molar-refractivity contribution is 4.64. The Morgan fingerprint density at radius 3 is 1.86 bits per heavy atom. The van der Waals surface area contributed by atoms with E-state index in [4.69, 9.17) is 34.4 Å². The van der Waals surface area contributed by atoms with Gasteiger partial charge < -0.3 is 34.4 Å². The highest BCUT2D eigenvalue weighted by atomic mass is 15.5. The summed E-state index contributed by atoms with van der Waals surface area (Å²) in [4.78, 5) is 2.32. The summed E-state index contributed by atoms with van der Waals surface area (Å²) in [6.45, 7) is 5.32. The summed E-state index contributed by atoms with van der Waals surface area (Å²) in [6, 6.07) is 0. The Morgan fingerprint density at radius 2 is 1.38 bits per heavy atom. The first kappa shape index (κ1) is 18.7. The minimum atomic E-state index is -0.292. The third kappa shape index (κ3) is 7.45. The quantitative estimate of drug-likeness (QED) is 0.170. The SMILES string of the molecule is NC(N)CCN1CNC[N+](CCC(N)N)(CCC(N)N)C1. The third-order valence-corrected chi connectivity index (χ3v) is 3.93. The van der Waals surface area contributed by atoms with Crippen LogP contribution >= 0.6 is 0 Å². The molecule has 0 bridgehead atoms. The van der Waals surface area contributed by atoms with Crippen LogP contribution in [0.5, 0.6) is 0 Å². The Hall–Kier alpha value is -0.360. The van der Waals surface area contributed by atoms with E-state index in [1.54, 1.807) is 0 Å². The van der Waals surface area contributed by atoms with Gasteiger partial charge in [-0.3, -0.25) is 9.80 Å². The summed E-state index contributed by atoms with van der Waals surface area (Å²) in [5, 5.41) is 3.45. The molecule has 126 valence electrons. The second kappa shape index (κ2) is 8.93. The molecule has 0 atom stereocenters. The van der Waals surface area contributed by atoms with Crippen LogP contribution in [0, 0.1) is 0 Å². The van der Waals surface area contributed by atoms with Crippen molar-refractivity contribution in [2.45, 2.75) is 37.8 Å². The molecule has 9 heteroatoms. The van der Waals surface area contributed by atoms with Gasteiger partial charge in [0.1, 0.15) is 13.3 Å². The molecule has 0 spiro atoms. The van der Waals surface area contributed by atoms with Crippen LogP contribution in [-0.4, -0.2) is 67.5 Å². The molecule has 13 N–H and O–H groups in total. The van der Waals surface area contributed by atoms with Gasteiger partial charge in [-0.2, -0.15) is 0 Å². The summed E-state index contributed by atoms with van der Waals surface area (Å²) in [5.74, 6) is 0. The molecule has 0 radical (unpaired) electrons. The largest absolute Gasteiger partial charge is 0.316 e. The standard InChI is InChI=1S/C12H34N9/c13-10(14)1-4-20-7-19-8-21(9-20,5-2-11(15)16)6-3-12(17)18/h10-12,19H,1-9,13-18H2/q+1. The van der Waals surface area contributed by atoms with Gasteiger partial charge in [0, 0.05) is 19.4 Å². The smallest absolute Gasteiger partial charge is 0.137 e. The molecule has 1 aliphatic heterocycles. The second-order valence-corrected chi connectivity index (χ2v) is 6.25. The molecule has 0 aromatic rings. The molecule has 0 saturated carbocycles. The fourth-order valence-corrected chi connectivity index (χ4v) is 2.71. The van der Waals surface area contributed by atoms with Crippen LogP contribution in [0.25, 0.3) is 0 Å². The summed E-state index contributed by atoms with van der Waals surface area (Å²) in [5.41, 5.74) is 34.1. The van der Waals surface area contributed by atoms with Crippen molar-refractivity contribution in [1.82, 2.24) is 10.2 Å². The molecular weight excluding hydrogens is 270 g/mol. The first-order valence-electron chi connectivity index (χ1n) is 7.65. The Morgan fingerprint density at radius 1 is 0.857 bits per heavy atom. The van der Waals surface area contributed by atoms with Gasteiger partial charge in [0.05, 0.1) is 38.3 Å². The summed E-state index contributed by atoms with van der Waals surface area (Å²) >= 11 is 0. The fourth-order valence-electron chi connectivity index (χ4n) is 2.71. The molecule has 1 aliphatic rings. The van der Waals surface area contributed by atoms with Crippen LogP contribution in [0.15, 0.2) is 0 Å². The highest BCUT2D eigenvalue weighted by Gasteiger charge is 2.33. The van der Waals surface area contributed by atoms with Crippen LogP contribution in [0.3, 0.4) is 0 Å². The molecule has 9 nitrogen and oxygen atoms in total. The van der Waals surface area contributed by atoms with Crippen molar-refractivity contribution >= 4 is 0 Å². The maximum Gasteiger partial charge on any atom is 0.137 e. The van der Waals surface area contributed by atoms with Crippen molar-refractivity contribution in [3.05, 3.63) is 0 Å². The van der Waals surface area contributed by atoms with Crippen LogP contribution < -0.4 is 39.7 Å². The highest BCUT2D eigenvalue weighted by Crippen LogP contribution is 2.15. The van der Waals surface area contributed by atoms with Gasteiger partial charge in [0.15, 0.2) is 0 Å². The van der Waals surface area contributed by atoms with Crippen LogP contribution in [0.2, 0.25) is 0 Å². The van der Waals surface area contributed by atoms with Crippen molar-refractivity contribution in [2.75, 3.05) is 39.6 Å². The number of nitrogens with zero attached hydrogens (tertiary/aromatic N) is 2. The van der Waals surface area contributed by atoms with Gasteiger partial charge in [-0.05, 0) is 6.42 Å². The van der Waals surface area contributed by atoms with E-state index in [1.807, 2.05) is 0 Å². The van der Waals surface area contributed by atoms with E-state index in [-0.39, 0.29) is 18.5 Å². The van der Waals surface area contributed by atoms with Gasteiger partial charge in [-0.1, -0.05) is 0 Å². The van der Waals surface area contributed by atoms with Crippen LogP contribution in [-0.2, 0) is 0 Å². The lowest BCUT2D eigenvalue weighted by atomic mass is 10.2.